The van der Waals surface area contributed by atoms with E-state index in [0.717, 1.165) is 36.8 Å². The van der Waals surface area contributed by atoms with E-state index in [1.54, 1.807) is 36.4 Å². The maximum Gasteiger partial charge on any atom is 0.339 e. The number of hydrogen-bond acceptors (Lipinski definition) is 11. The summed E-state index contributed by atoms with van der Waals surface area (Å²) in [5, 5.41) is 9.81. The highest BCUT2D eigenvalue weighted by Crippen LogP contribution is 2.40. The lowest BCUT2D eigenvalue weighted by atomic mass is 10.0. The molecule has 3 saturated heterocycles. The second kappa shape index (κ2) is 23.3. The normalized spacial score (nSPS) is 18.0. The smallest absolute Gasteiger partial charge is 0.339 e. The highest BCUT2D eigenvalue weighted by Gasteiger charge is 2.35. The number of hydrogen-bond donors (Lipinski definition) is 3. The van der Waals surface area contributed by atoms with Gasteiger partial charge in [-0.15, -0.1) is 0 Å². The van der Waals surface area contributed by atoms with E-state index in [4.69, 9.17) is 25.2 Å². The van der Waals surface area contributed by atoms with Crippen LogP contribution in [-0.4, -0.2) is 85.1 Å². The maximum atomic E-state index is 14.6. The number of aromatic carboxylic acids is 1. The van der Waals surface area contributed by atoms with Gasteiger partial charge in [0.05, 0.1) is 42.2 Å². The zero-order chi connectivity index (χ0) is 51.8. The van der Waals surface area contributed by atoms with Crippen molar-refractivity contribution in [1.82, 2.24) is 19.0 Å². The van der Waals surface area contributed by atoms with Gasteiger partial charge in [0, 0.05) is 56.9 Å². The molecule has 3 fully saturated rings. The number of halogens is 2. The van der Waals surface area contributed by atoms with E-state index in [9.17, 15) is 31.9 Å². The number of amides is 1. The Morgan fingerprint density at radius 1 is 0.685 bits per heavy atom. The van der Waals surface area contributed by atoms with Crippen molar-refractivity contribution in [2.75, 3.05) is 49.2 Å². The third kappa shape index (κ3) is 13.0. The van der Waals surface area contributed by atoms with Crippen molar-refractivity contribution in [1.29, 1.82) is 0 Å². The van der Waals surface area contributed by atoms with Gasteiger partial charge in [-0.1, -0.05) is 88.4 Å². The van der Waals surface area contributed by atoms with E-state index >= 15 is 0 Å². The maximum absolute atomic E-state index is 14.6. The Morgan fingerprint density at radius 2 is 1.15 bits per heavy atom. The third-order valence-electron chi connectivity index (χ3n) is 12.9. The summed E-state index contributed by atoms with van der Waals surface area (Å²) in [4.78, 5) is 39.2. The molecule has 2 unspecified atom stereocenters. The quantitative estimate of drug-likeness (QED) is 0.0836. The van der Waals surface area contributed by atoms with Gasteiger partial charge in [-0.05, 0) is 104 Å². The summed E-state index contributed by atoms with van der Waals surface area (Å²) in [6.45, 7) is 10.7. The molecule has 4 aromatic carbocycles. The number of nitrogens with one attached hydrogen (secondary N) is 1. The van der Waals surface area contributed by atoms with Crippen LogP contribution in [0.1, 0.15) is 105 Å². The standard InChI is InChI=1S/C30H36FN5O4S.C26H27FN2O3.H2/c1-20(2)19-40-25-16-22(15-23(31)17-25)27-11-10-26(30(37)34-41(38,39)35-14-12-24(32)18-35)29(33-27)36-13-6-9-28(36)21-7-4-3-5-8-21;1-17(2)16-32-21-14-19(13-20(27)15-21)23-11-10-22(26(30)31)25(28-23)29-12-6-9-24(29)18-7-4-3-5-8-18;/h3-5,7-8,10-11,15-17,20,24,28H,6,9,12-14,18-19,32H2,1-2H3,(H,34,37);3-5,7-8,10-11,13-15,17,24H,6,9,12,16H2,1-2H3,(H,30,31);1H/t24-,28?;;/m1../s1. The summed E-state index contributed by atoms with van der Waals surface area (Å²) >= 11 is 0. The van der Waals surface area contributed by atoms with Gasteiger partial charge in [0.15, 0.2) is 0 Å². The molecule has 3 aliphatic heterocycles. The number of anilines is 2. The fraction of sp³-hybridized carbons (Fsp3) is 0.357. The number of carbonyl (C=O) groups excluding carboxylic acids is 1. The number of aromatic nitrogens is 2. The first-order valence-corrected chi connectivity index (χ1v) is 26.3. The van der Waals surface area contributed by atoms with Crippen LogP contribution in [0.2, 0.25) is 0 Å². The molecule has 0 bridgehead atoms. The molecule has 0 saturated carbocycles. The lowest BCUT2D eigenvalue weighted by molar-refractivity contribution is 0.0696. The number of carboxylic acid groups (broad SMARTS) is 1. The minimum absolute atomic E-state index is 0. The van der Waals surface area contributed by atoms with E-state index in [1.807, 2.05) is 81.1 Å². The predicted molar refractivity (Wildman–Crippen MR) is 281 cm³/mol. The van der Waals surface area contributed by atoms with Gasteiger partial charge in [0.2, 0.25) is 0 Å². The van der Waals surface area contributed by atoms with Crippen LogP contribution in [0.5, 0.6) is 11.5 Å². The minimum Gasteiger partial charge on any atom is -0.493 e. The molecule has 3 aliphatic rings. The van der Waals surface area contributed by atoms with Gasteiger partial charge in [0.1, 0.15) is 40.3 Å². The molecule has 9 rings (SSSR count). The second-order valence-electron chi connectivity index (χ2n) is 19.6. The number of ether oxygens (including phenoxy) is 2. The summed E-state index contributed by atoms with van der Waals surface area (Å²) in [7, 11) is -4.09. The summed E-state index contributed by atoms with van der Waals surface area (Å²) in [5.74, 6) is -0.548. The summed E-state index contributed by atoms with van der Waals surface area (Å²) in [6.07, 6.45) is 4.09. The summed E-state index contributed by atoms with van der Waals surface area (Å²) in [6, 6.07) is 34.9. The first-order chi connectivity index (χ1) is 35.0. The number of nitrogens with two attached hydrogens (primary N) is 1. The van der Waals surface area contributed by atoms with Crippen LogP contribution < -0.4 is 29.7 Å². The summed E-state index contributed by atoms with van der Waals surface area (Å²) in [5.41, 5.74) is 10.4. The largest absolute Gasteiger partial charge is 0.493 e. The zero-order valence-corrected chi connectivity index (χ0v) is 42.4. The predicted octanol–water partition coefficient (Wildman–Crippen LogP) is 10.5. The average Bonchev–Trinajstić information content (AvgIpc) is 4.18. The average molecular weight is 1020 g/mol. The fourth-order valence-corrected chi connectivity index (χ4v) is 10.6. The van der Waals surface area contributed by atoms with E-state index < -0.39 is 33.7 Å². The van der Waals surface area contributed by atoms with Gasteiger partial charge >= 0.3 is 16.2 Å². The van der Waals surface area contributed by atoms with E-state index in [0.29, 0.717) is 84.3 Å². The Hall–Kier alpha value is -6.95. The zero-order valence-electron chi connectivity index (χ0n) is 41.6. The van der Waals surface area contributed by atoms with Gasteiger partial charge < -0.3 is 30.1 Å². The van der Waals surface area contributed by atoms with Crippen LogP contribution in [-0.2, 0) is 10.2 Å². The van der Waals surface area contributed by atoms with Crippen molar-refractivity contribution >= 4 is 33.7 Å². The Labute approximate surface area is 427 Å². The highest BCUT2D eigenvalue weighted by atomic mass is 32.2. The molecular weight excluding hydrogens is 953 g/mol. The lowest BCUT2D eigenvalue weighted by Crippen LogP contribution is -2.43. The van der Waals surface area contributed by atoms with Crippen LogP contribution in [0.25, 0.3) is 22.5 Å². The van der Waals surface area contributed by atoms with Crippen molar-refractivity contribution in [2.24, 2.45) is 17.6 Å². The number of benzene rings is 4. The highest BCUT2D eigenvalue weighted by molar-refractivity contribution is 7.87. The fourth-order valence-electron chi connectivity index (χ4n) is 9.41. The number of nitrogens with zero attached hydrogens (tertiary/aromatic N) is 5. The summed E-state index contributed by atoms with van der Waals surface area (Å²) < 4.78 is 69.8. The van der Waals surface area contributed by atoms with E-state index in [2.05, 4.69) is 21.8 Å². The molecule has 17 heteroatoms. The Kier molecular flexibility index (Phi) is 16.7. The molecule has 2 aromatic heterocycles. The number of carboxylic acids is 1. The molecule has 3 atom stereocenters. The Morgan fingerprint density at radius 3 is 1.59 bits per heavy atom. The molecular formula is C56H65F2N7O7S. The molecule has 0 radical (unpaired) electrons. The molecule has 14 nitrogen and oxygen atoms in total. The molecule has 0 aliphatic carbocycles. The van der Waals surface area contributed by atoms with E-state index in [-0.39, 0.29) is 49.7 Å². The topological polar surface area (TPSA) is 181 Å². The van der Waals surface area contributed by atoms with Gasteiger partial charge in [-0.25, -0.2) is 28.3 Å². The minimum atomic E-state index is -4.09. The van der Waals surface area contributed by atoms with Crippen LogP contribution in [0.3, 0.4) is 0 Å². The van der Waals surface area contributed by atoms with Gasteiger partial charge in [-0.2, -0.15) is 12.7 Å². The first-order valence-electron chi connectivity index (χ1n) is 24.9. The molecule has 4 N–H and O–H groups in total. The van der Waals surface area contributed by atoms with Crippen molar-refractivity contribution in [3.8, 4) is 34.0 Å². The second-order valence-corrected chi connectivity index (χ2v) is 21.2. The van der Waals surface area contributed by atoms with Gasteiger partial charge in [0.25, 0.3) is 5.91 Å². The molecule has 0 spiro atoms. The first kappa shape index (κ1) is 52.4. The number of carbonyl (C=O) groups is 2. The molecule has 6 aromatic rings. The van der Waals surface area contributed by atoms with E-state index in [1.165, 1.54) is 28.6 Å². The van der Waals surface area contributed by atoms with Crippen molar-refractivity contribution in [2.45, 2.75) is 77.9 Å². The molecule has 1 amide bonds. The van der Waals surface area contributed by atoms with Crippen molar-refractivity contribution in [3.05, 3.63) is 155 Å². The lowest BCUT2D eigenvalue weighted by Gasteiger charge is -2.28. The molecule has 73 heavy (non-hydrogen) atoms. The Bertz CT molecular complexity index is 3010. The van der Waals surface area contributed by atoms with Crippen molar-refractivity contribution < 1.29 is 42.8 Å². The monoisotopic (exact) mass is 1020 g/mol. The molecule has 5 heterocycles. The number of pyridine rings is 2. The van der Waals surface area contributed by atoms with Crippen LogP contribution in [0.4, 0.5) is 20.4 Å². The SMILES string of the molecule is CC(C)COc1cc(F)cc(-c2ccc(C(=O)NS(=O)(=O)N3CC[C@@H](N)C3)c(N3CCCC3c3ccccc3)n2)c1.CC(C)COc1cc(F)cc(-c2ccc(C(=O)O)c(N3CCCC3c3ccccc3)n2)c1.[HH]. The third-order valence-corrected chi connectivity index (χ3v) is 14.3. The van der Waals surface area contributed by atoms with Crippen LogP contribution >= 0.6 is 0 Å². The number of rotatable bonds is 16. The Balaban J connectivity index is 0.000000220. The van der Waals surface area contributed by atoms with Crippen molar-refractivity contribution in [3.63, 3.8) is 0 Å². The van der Waals surface area contributed by atoms with Crippen LogP contribution in [0.15, 0.2) is 121 Å². The molecule has 386 valence electrons. The van der Waals surface area contributed by atoms with Crippen LogP contribution in [0, 0.1) is 23.5 Å². The van der Waals surface area contributed by atoms with Gasteiger partial charge in [-0.3, -0.25) is 4.79 Å².